The van der Waals surface area contributed by atoms with E-state index in [9.17, 15) is 0 Å². The second kappa shape index (κ2) is 7.76. The van der Waals surface area contributed by atoms with Crippen molar-refractivity contribution >= 4 is 5.82 Å². The summed E-state index contributed by atoms with van der Waals surface area (Å²) in [7, 11) is 0. The molecule has 2 rings (SSSR count). The summed E-state index contributed by atoms with van der Waals surface area (Å²) in [4.78, 5) is 9.59. The summed E-state index contributed by atoms with van der Waals surface area (Å²) in [6, 6.07) is 4.98. The Morgan fingerprint density at radius 1 is 1.33 bits per heavy atom. The molecule has 1 atom stereocenters. The van der Waals surface area contributed by atoms with Gasteiger partial charge in [-0.3, -0.25) is 4.90 Å². The average Bonchev–Trinajstić information content (AvgIpc) is 2.47. The molecule has 118 valence electrons. The van der Waals surface area contributed by atoms with Crippen molar-refractivity contribution in [1.82, 2.24) is 15.2 Å². The summed E-state index contributed by atoms with van der Waals surface area (Å²) in [5.41, 5.74) is 1.26. The number of anilines is 1. The first-order valence-electron chi connectivity index (χ1n) is 8.24. The lowest BCUT2D eigenvalue weighted by atomic mass is 10.2. The fraction of sp³-hybridized carbons (Fsp3) is 0.706. The van der Waals surface area contributed by atoms with E-state index >= 15 is 0 Å². The molecule has 1 unspecified atom stereocenters. The summed E-state index contributed by atoms with van der Waals surface area (Å²) in [6.07, 6.45) is 2.01. The van der Waals surface area contributed by atoms with Crippen LogP contribution in [0.15, 0.2) is 18.3 Å². The first-order chi connectivity index (χ1) is 10.1. The van der Waals surface area contributed by atoms with Crippen LogP contribution in [0.5, 0.6) is 0 Å². The number of aromatic nitrogens is 1. The van der Waals surface area contributed by atoms with E-state index in [0.717, 1.165) is 45.1 Å². The van der Waals surface area contributed by atoms with Crippen molar-refractivity contribution in [2.75, 3.05) is 37.6 Å². The van der Waals surface area contributed by atoms with Gasteiger partial charge in [-0.25, -0.2) is 4.98 Å². The number of likely N-dealkylation sites (N-methyl/N-ethyl adjacent to an activating group) is 1. The number of pyridine rings is 1. The number of hydrogen-bond donors (Lipinski definition) is 1. The van der Waals surface area contributed by atoms with Crippen molar-refractivity contribution in [3.05, 3.63) is 23.9 Å². The molecule has 0 aliphatic carbocycles. The van der Waals surface area contributed by atoms with Crippen molar-refractivity contribution in [3.8, 4) is 0 Å². The topological polar surface area (TPSA) is 31.4 Å². The molecule has 1 aliphatic rings. The Bertz CT molecular complexity index is 415. The zero-order valence-corrected chi connectivity index (χ0v) is 14.0. The third-order valence-corrected chi connectivity index (χ3v) is 4.19. The molecule has 0 aromatic carbocycles. The second-order valence-corrected chi connectivity index (χ2v) is 6.47. The molecule has 0 spiro atoms. The zero-order valence-electron chi connectivity index (χ0n) is 14.0. The van der Waals surface area contributed by atoms with Gasteiger partial charge >= 0.3 is 0 Å². The Hall–Kier alpha value is -1.13. The lowest BCUT2D eigenvalue weighted by Gasteiger charge is -2.39. The minimum atomic E-state index is 0.609. The molecule has 0 bridgehead atoms. The van der Waals surface area contributed by atoms with E-state index in [-0.39, 0.29) is 0 Å². The van der Waals surface area contributed by atoms with Crippen LogP contribution in [-0.4, -0.2) is 48.6 Å². The van der Waals surface area contributed by atoms with Crippen molar-refractivity contribution in [3.63, 3.8) is 0 Å². The zero-order chi connectivity index (χ0) is 15.2. The third kappa shape index (κ3) is 4.68. The monoisotopic (exact) mass is 290 g/mol. The standard InChI is InChI=1S/C17H30N4/c1-5-20-8-9-21(13-15(20)4)17-7-6-16(12-19-17)11-18-10-14(2)3/h6-7,12,14-15,18H,5,8-11,13H2,1-4H3. The van der Waals surface area contributed by atoms with Crippen LogP contribution in [0.25, 0.3) is 0 Å². The van der Waals surface area contributed by atoms with Crippen LogP contribution in [0.2, 0.25) is 0 Å². The summed E-state index contributed by atoms with van der Waals surface area (Å²) in [5, 5.41) is 3.46. The van der Waals surface area contributed by atoms with E-state index in [1.807, 2.05) is 6.20 Å². The molecule has 0 amide bonds. The van der Waals surface area contributed by atoms with Crippen LogP contribution in [0.4, 0.5) is 5.82 Å². The highest BCUT2D eigenvalue weighted by Crippen LogP contribution is 2.17. The molecule has 1 aromatic rings. The molecule has 1 fully saturated rings. The maximum atomic E-state index is 4.65. The summed E-state index contributed by atoms with van der Waals surface area (Å²) >= 11 is 0. The Morgan fingerprint density at radius 2 is 2.14 bits per heavy atom. The number of rotatable bonds is 6. The molecule has 0 radical (unpaired) electrons. The smallest absolute Gasteiger partial charge is 0.128 e. The van der Waals surface area contributed by atoms with Crippen LogP contribution in [-0.2, 0) is 6.54 Å². The molecule has 1 N–H and O–H groups in total. The summed E-state index contributed by atoms with van der Waals surface area (Å²) in [5.74, 6) is 1.80. The maximum absolute atomic E-state index is 4.65. The van der Waals surface area contributed by atoms with Crippen LogP contribution < -0.4 is 10.2 Å². The third-order valence-electron chi connectivity index (χ3n) is 4.19. The normalized spacial score (nSPS) is 20.2. The lowest BCUT2D eigenvalue weighted by Crippen LogP contribution is -2.51. The number of piperazine rings is 1. The Morgan fingerprint density at radius 3 is 2.71 bits per heavy atom. The Balaban J connectivity index is 1.87. The fourth-order valence-corrected chi connectivity index (χ4v) is 2.89. The van der Waals surface area contributed by atoms with E-state index < -0.39 is 0 Å². The van der Waals surface area contributed by atoms with Gasteiger partial charge in [0.2, 0.25) is 0 Å². The van der Waals surface area contributed by atoms with Gasteiger partial charge in [-0.1, -0.05) is 26.8 Å². The van der Waals surface area contributed by atoms with E-state index in [4.69, 9.17) is 0 Å². The van der Waals surface area contributed by atoms with Gasteiger partial charge in [0.1, 0.15) is 5.82 Å². The van der Waals surface area contributed by atoms with E-state index in [2.05, 4.69) is 59.9 Å². The SMILES string of the molecule is CCN1CCN(c2ccc(CNCC(C)C)cn2)CC1C. The predicted molar refractivity (Wildman–Crippen MR) is 89.7 cm³/mol. The molecule has 4 heteroatoms. The van der Waals surface area contributed by atoms with Gasteiger partial charge in [-0.05, 0) is 37.6 Å². The van der Waals surface area contributed by atoms with Crippen molar-refractivity contribution in [2.24, 2.45) is 5.92 Å². The summed E-state index contributed by atoms with van der Waals surface area (Å²) in [6.45, 7) is 15.4. The molecule has 1 aromatic heterocycles. The van der Waals surface area contributed by atoms with Gasteiger partial charge < -0.3 is 10.2 Å². The highest BCUT2D eigenvalue weighted by molar-refractivity contribution is 5.40. The Labute approximate surface area is 129 Å². The highest BCUT2D eigenvalue weighted by Gasteiger charge is 2.22. The molecule has 21 heavy (non-hydrogen) atoms. The average molecular weight is 290 g/mol. The van der Waals surface area contributed by atoms with E-state index in [0.29, 0.717) is 12.0 Å². The van der Waals surface area contributed by atoms with Gasteiger partial charge in [0.15, 0.2) is 0 Å². The maximum Gasteiger partial charge on any atom is 0.128 e. The van der Waals surface area contributed by atoms with Crippen molar-refractivity contribution in [1.29, 1.82) is 0 Å². The van der Waals surface area contributed by atoms with Gasteiger partial charge in [0.25, 0.3) is 0 Å². The van der Waals surface area contributed by atoms with Crippen molar-refractivity contribution in [2.45, 2.75) is 40.3 Å². The molecule has 0 saturated carbocycles. The van der Waals surface area contributed by atoms with Crippen LogP contribution in [0.1, 0.15) is 33.3 Å². The lowest BCUT2D eigenvalue weighted by molar-refractivity contribution is 0.199. The van der Waals surface area contributed by atoms with Crippen LogP contribution >= 0.6 is 0 Å². The molecule has 1 saturated heterocycles. The first-order valence-corrected chi connectivity index (χ1v) is 8.24. The molecular weight excluding hydrogens is 260 g/mol. The predicted octanol–water partition coefficient (Wildman–Crippen LogP) is 2.36. The fourth-order valence-electron chi connectivity index (χ4n) is 2.89. The van der Waals surface area contributed by atoms with Gasteiger partial charge in [0.05, 0.1) is 0 Å². The Kier molecular flexibility index (Phi) is 6.00. The van der Waals surface area contributed by atoms with E-state index in [1.54, 1.807) is 0 Å². The molecule has 1 aliphatic heterocycles. The summed E-state index contributed by atoms with van der Waals surface area (Å²) < 4.78 is 0. The number of nitrogens with zero attached hydrogens (tertiary/aromatic N) is 3. The number of hydrogen-bond acceptors (Lipinski definition) is 4. The van der Waals surface area contributed by atoms with Gasteiger partial charge in [-0.15, -0.1) is 0 Å². The number of nitrogens with one attached hydrogen (secondary N) is 1. The molecule has 4 nitrogen and oxygen atoms in total. The highest BCUT2D eigenvalue weighted by atomic mass is 15.3. The first kappa shape index (κ1) is 16.2. The van der Waals surface area contributed by atoms with Crippen LogP contribution in [0.3, 0.4) is 0 Å². The van der Waals surface area contributed by atoms with Crippen LogP contribution in [0, 0.1) is 5.92 Å². The minimum Gasteiger partial charge on any atom is -0.354 e. The minimum absolute atomic E-state index is 0.609. The largest absolute Gasteiger partial charge is 0.354 e. The second-order valence-electron chi connectivity index (χ2n) is 6.47. The van der Waals surface area contributed by atoms with Crippen molar-refractivity contribution < 1.29 is 0 Å². The van der Waals surface area contributed by atoms with Gasteiger partial charge in [0, 0.05) is 38.4 Å². The van der Waals surface area contributed by atoms with Gasteiger partial charge in [-0.2, -0.15) is 0 Å². The molecular formula is C17H30N4. The quantitative estimate of drug-likeness (QED) is 0.871. The molecule has 2 heterocycles. The van der Waals surface area contributed by atoms with E-state index in [1.165, 1.54) is 5.56 Å².